The molecule has 0 radical (unpaired) electrons. The third-order valence-corrected chi connectivity index (χ3v) is 8.24. The van der Waals surface area contributed by atoms with Gasteiger partial charge in [-0.05, 0) is 74.0 Å². The number of hydrogen-bond acceptors (Lipinski definition) is 4. The molecular weight excluding hydrogens is 458 g/mol. The number of rotatable bonds is 7. The number of anilines is 1. The molecule has 37 heavy (non-hydrogen) atoms. The van der Waals surface area contributed by atoms with Gasteiger partial charge in [0.1, 0.15) is 12.4 Å². The molecule has 5 heteroatoms. The Hall–Kier alpha value is -3.31. The molecule has 0 bridgehead atoms. The fraction of sp³-hybridized carbons (Fsp3) is 0.406. The van der Waals surface area contributed by atoms with Gasteiger partial charge in [0.2, 0.25) is 0 Å². The van der Waals surface area contributed by atoms with Gasteiger partial charge in [-0.15, -0.1) is 0 Å². The first-order chi connectivity index (χ1) is 18.0. The van der Waals surface area contributed by atoms with E-state index in [0.29, 0.717) is 12.0 Å². The number of nitrogens with zero attached hydrogens (tertiary/aromatic N) is 3. The molecule has 0 atom stereocenters. The summed E-state index contributed by atoms with van der Waals surface area (Å²) in [6.07, 6.45) is 4.63. The maximum absolute atomic E-state index is 13.2. The Morgan fingerprint density at radius 2 is 1.51 bits per heavy atom. The molecule has 5 rings (SSSR count). The summed E-state index contributed by atoms with van der Waals surface area (Å²) in [4.78, 5) is 19.8. The van der Waals surface area contributed by atoms with Gasteiger partial charge in [0.25, 0.3) is 5.91 Å². The zero-order valence-corrected chi connectivity index (χ0v) is 22.2. The zero-order chi connectivity index (χ0) is 25.7. The number of likely N-dealkylation sites (tertiary alicyclic amines) is 2. The van der Waals surface area contributed by atoms with Crippen molar-refractivity contribution in [2.75, 3.05) is 45.2 Å². The number of ether oxygens (including phenoxy) is 1. The number of benzene rings is 3. The van der Waals surface area contributed by atoms with Gasteiger partial charge in [-0.3, -0.25) is 9.69 Å². The molecule has 0 aliphatic carbocycles. The largest absolute Gasteiger partial charge is 0.489 e. The summed E-state index contributed by atoms with van der Waals surface area (Å²) in [6, 6.07) is 26.8. The molecule has 2 saturated heterocycles. The summed E-state index contributed by atoms with van der Waals surface area (Å²) in [6.45, 7) is 5.45. The van der Waals surface area contributed by atoms with Crippen LogP contribution in [0.4, 0.5) is 5.69 Å². The van der Waals surface area contributed by atoms with E-state index in [2.05, 4.69) is 58.3 Å². The fourth-order valence-electron chi connectivity index (χ4n) is 5.72. The molecule has 2 fully saturated rings. The maximum Gasteiger partial charge on any atom is 0.253 e. The topological polar surface area (TPSA) is 36.0 Å². The van der Waals surface area contributed by atoms with Crippen LogP contribution in [-0.2, 0) is 13.2 Å². The van der Waals surface area contributed by atoms with Crippen molar-refractivity contribution in [3.8, 4) is 5.75 Å². The number of para-hydroxylation sites is 1. The van der Waals surface area contributed by atoms with Crippen LogP contribution in [-0.4, -0.2) is 56.0 Å². The second-order valence-corrected chi connectivity index (χ2v) is 10.9. The van der Waals surface area contributed by atoms with Crippen molar-refractivity contribution in [2.45, 2.75) is 38.8 Å². The molecule has 0 aromatic heterocycles. The summed E-state index contributed by atoms with van der Waals surface area (Å²) in [5.74, 6) is 1.15. The summed E-state index contributed by atoms with van der Waals surface area (Å²) in [5, 5.41) is 0. The summed E-state index contributed by atoms with van der Waals surface area (Å²) >= 11 is 0. The Bertz CT molecular complexity index is 1180. The normalized spacial score (nSPS) is 17.5. The van der Waals surface area contributed by atoms with Gasteiger partial charge < -0.3 is 14.5 Å². The smallest absolute Gasteiger partial charge is 0.253 e. The van der Waals surface area contributed by atoms with E-state index in [1.165, 1.54) is 24.0 Å². The standard InChI is InChI=1S/C32H39N3O2/c1-33(2)29-13-8-12-27(23-29)31(36)35-21-17-32(18-22-35)15-19-34(20-16-32)24-28-11-6-7-14-30(28)37-25-26-9-4-3-5-10-26/h3-14,23H,15-22,24-25H2,1-2H3. The van der Waals surface area contributed by atoms with E-state index in [0.717, 1.165) is 62.6 Å². The van der Waals surface area contributed by atoms with Crippen molar-refractivity contribution >= 4 is 11.6 Å². The molecule has 3 aromatic carbocycles. The van der Waals surface area contributed by atoms with E-state index in [-0.39, 0.29) is 5.91 Å². The Morgan fingerprint density at radius 1 is 0.838 bits per heavy atom. The lowest BCUT2D eigenvalue weighted by molar-refractivity contribution is 0.0283. The minimum absolute atomic E-state index is 0.170. The van der Waals surface area contributed by atoms with Crippen molar-refractivity contribution in [1.29, 1.82) is 0 Å². The lowest BCUT2D eigenvalue weighted by Gasteiger charge is -2.47. The van der Waals surface area contributed by atoms with E-state index in [4.69, 9.17) is 4.74 Å². The van der Waals surface area contributed by atoms with Gasteiger partial charge in [-0.2, -0.15) is 0 Å². The van der Waals surface area contributed by atoms with Crippen LogP contribution >= 0.6 is 0 Å². The summed E-state index contributed by atoms with van der Waals surface area (Å²) < 4.78 is 6.20. The molecule has 5 nitrogen and oxygen atoms in total. The first-order valence-electron chi connectivity index (χ1n) is 13.6. The van der Waals surface area contributed by atoms with E-state index in [1.807, 2.05) is 49.3 Å². The highest BCUT2D eigenvalue weighted by molar-refractivity contribution is 5.95. The van der Waals surface area contributed by atoms with Gasteiger partial charge in [-0.1, -0.05) is 54.6 Å². The highest BCUT2D eigenvalue weighted by Gasteiger charge is 2.38. The molecule has 2 aliphatic heterocycles. The first kappa shape index (κ1) is 25.3. The second kappa shape index (κ2) is 11.4. The number of carbonyl (C=O) groups is 1. The van der Waals surface area contributed by atoms with E-state index >= 15 is 0 Å². The predicted molar refractivity (Wildman–Crippen MR) is 150 cm³/mol. The number of hydrogen-bond donors (Lipinski definition) is 0. The molecule has 2 aliphatic rings. The zero-order valence-electron chi connectivity index (χ0n) is 22.2. The lowest BCUT2D eigenvalue weighted by Crippen LogP contribution is -2.48. The molecule has 2 heterocycles. The number of amides is 1. The Morgan fingerprint density at radius 3 is 2.24 bits per heavy atom. The highest BCUT2D eigenvalue weighted by atomic mass is 16.5. The monoisotopic (exact) mass is 497 g/mol. The molecule has 0 unspecified atom stereocenters. The van der Waals surface area contributed by atoms with Crippen molar-refractivity contribution in [2.24, 2.45) is 5.41 Å². The number of piperidine rings is 2. The van der Waals surface area contributed by atoms with E-state index in [1.54, 1.807) is 0 Å². The van der Waals surface area contributed by atoms with E-state index < -0.39 is 0 Å². The third-order valence-electron chi connectivity index (χ3n) is 8.24. The van der Waals surface area contributed by atoms with Gasteiger partial charge in [-0.25, -0.2) is 0 Å². The average Bonchev–Trinajstić information content (AvgIpc) is 2.94. The Labute approximate surface area is 221 Å². The van der Waals surface area contributed by atoms with Crippen LogP contribution in [0.1, 0.15) is 47.2 Å². The van der Waals surface area contributed by atoms with E-state index in [9.17, 15) is 4.79 Å². The van der Waals surface area contributed by atoms with Crippen LogP contribution < -0.4 is 9.64 Å². The van der Waals surface area contributed by atoms with Crippen LogP contribution in [0.15, 0.2) is 78.9 Å². The molecule has 1 spiro atoms. The number of carbonyl (C=O) groups excluding carboxylic acids is 1. The third kappa shape index (κ3) is 6.16. The molecular formula is C32H39N3O2. The molecule has 1 amide bonds. The van der Waals surface area contributed by atoms with Crippen LogP contribution in [0, 0.1) is 5.41 Å². The van der Waals surface area contributed by atoms with Crippen molar-refractivity contribution < 1.29 is 9.53 Å². The summed E-state index contributed by atoms with van der Waals surface area (Å²) in [5.41, 5.74) is 4.69. The van der Waals surface area contributed by atoms with Crippen molar-refractivity contribution in [1.82, 2.24) is 9.80 Å². The fourth-order valence-corrected chi connectivity index (χ4v) is 5.72. The van der Waals surface area contributed by atoms with Crippen molar-refractivity contribution in [3.05, 3.63) is 95.6 Å². The second-order valence-electron chi connectivity index (χ2n) is 10.9. The Balaban J connectivity index is 1.13. The minimum atomic E-state index is 0.170. The van der Waals surface area contributed by atoms with Crippen molar-refractivity contribution in [3.63, 3.8) is 0 Å². The summed E-state index contributed by atoms with van der Waals surface area (Å²) in [7, 11) is 4.02. The van der Waals surface area contributed by atoms with Crippen LogP contribution in [0.3, 0.4) is 0 Å². The van der Waals surface area contributed by atoms with Gasteiger partial charge in [0, 0.05) is 50.5 Å². The molecule has 0 N–H and O–H groups in total. The van der Waals surface area contributed by atoms with Crippen LogP contribution in [0.2, 0.25) is 0 Å². The lowest BCUT2D eigenvalue weighted by atomic mass is 9.71. The van der Waals surface area contributed by atoms with Crippen LogP contribution in [0.5, 0.6) is 5.75 Å². The molecule has 0 saturated carbocycles. The SMILES string of the molecule is CN(C)c1cccc(C(=O)N2CCC3(CCN(Cc4ccccc4OCc4ccccc4)CC3)CC2)c1. The quantitative estimate of drug-likeness (QED) is 0.410. The van der Waals surface area contributed by atoms with Gasteiger partial charge in [0.15, 0.2) is 0 Å². The highest BCUT2D eigenvalue weighted by Crippen LogP contribution is 2.42. The van der Waals surface area contributed by atoms with Crippen LogP contribution in [0.25, 0.3) is 0 Å². The Kier molecular flexibility index (Phi) is 7.80. The molecule has 194 valence electrons. The first-order valence-corrected chi connectivity index (χ1v) is 13.6. The average molecular weight is 498 g/mol. The van der Waals surface area contributed by atoms with Gasteiger partial charge in [0.05, 0.1) is 0 Å². The van der Waals surface area contributed by atoms with Gasteiger partial charge >= 0.3 is 0 Å². The minimum Gasteiger partial charge on any atom is -0.489 e. The maximum atomic E-state index is 13.2. The predicted octanol–water partition coefficient (Wildman–Crippen LogP) is 5.85. The molecule has 3 aromatic rings.